The normalized spacial score (nSPS) is 16.6. The van der Waals surface area contributed by atoms with Crippen molar-refractivity contribution in [3.63, 3.8) is 0 Å². The molecular weight excluding hydrogens is 378 g/mol. The lowest BCUT2D eigenvalue weighted by molar-refractivity contribution is -0.129. The molecule has 2 heterocycles. The van der Waals surface area contributed by atoms with Gasteiger partial charge < -0.3 is 19.5 Å². The molecule has 0 radical (unpaired) electrons. The maximum Gasteiger partial charge on any atom is 0.290 e. The van der Waals surface area contributed by atoms with Gasteiger partial charge >= 0.3 is 0 Å². The van der Waals surface area contributed by atoms with Gasteiger partial charge in [0.1, 0.15) is 0 Å². The number of thiophene rings is 1. The van der Waals surface area contributed by atoms with E-state index in [0.717, 1.165) is 12.8 Å². The molecule has 148 valence electrons. The Morgan fingerprint density at radius 2 is 1.96 bits per heavy atom. The lowest BCUT2D eigenvalue weighted by Gasteiger charge is -2.27. The fraction of sp³-hybridized carbons (Fsp3) is 0.333. The van der Waals surface area contributed by atoms with E-state index in [1.807, 2.05) is 6.92 Å². The first-order valence-corrected chi connectivity index (χ1v) is 9.95. The summed E-state index contributed by atoms with van der Waals surface area (Å²) in [6.45, 7) is 2.47. The summed E-state index contributed by atoms with van der Waals surface area (Å²) >= 11 is 1.28. The van der Waals surface area contributed by atoms with E-state index in [0.29, 0.717) is 28.5 Å². The van der Waals surface area contributed by atoms with Gasteiger partial charge in [0.15, 0.2) is 17.3 Å². The van der Waals surface area contributed by atoms with Crippen LogP contribution in [0.5, 0.6) is 11.5 Å². The molecule has 1 aromatic heterocycles. The number of nitrogens with zero attached hydrogens (tertiary/aromatic N) is 1. The summed E-state index contributed by atoms with van der Waals surface area (Å²) in [4.78, 5) is 27.9. The van der Waals surface area contributed by atoms with Crippen LogP contribution in [-0.4, -0.2) is 42.5 Å². The molecule has 0 saturated carbocycles. The van der Waals surface area contributed by atoms with Crippen LogP contribution in [0.2, 0.25) is 0 Å². The SMILES string of the molecule is CCCCN1C(=O)C(O)=C(C(=O)c2cccs2)C1c1ccc(OC)c(OC)c1. The zero-order valence-corrected chi connectivity index (χ0v) is 16.9. The number of hydrogen-bond acceptors (Lipinski definition) is 6. The number of hydrogen-bond donors (Lipinski definition) is 1. The molecule has 0 saturated heterocycles. The average molecular weight is 401 g/mol. The highest BCUT2D eigenvalue weighted by atomic mass is 32.1. The summed E-state index contributed by atoms with van der Waals surface area (Å²) in [5, 5.41) is 12.4. The third kappa shape index (κ3) is 3.49. The molecule has 0 aliphatic carbocycles. The maximum atomic E-state index is 13.1. The number of ketones is 1. The van der Waals surface area contributed by atoms with Gasteiger partial charge in [-0.1, -0.05) is 25.5 Å². The second-order valence-corrected chi connectivity index (χ2v) is 7.39. The molecule has 1 N–H and O–H groups in total. The Morgan fingerprint density at radius 3 is 2.57 bits per heavy atom. The molecule has 2 aromatic rings. The van der Waals surface area contributed by atoms with Crippen molar-refractivity contribution < 1.29 is 24.2 Å². The van der Waals surface area contributed by atoms with Gasteiger partial charge in [-0.2, -0.15) is 0 Å². The zero-order chi connectivity index (χ0) is 20.3. The van der Waals surface area contributed by atoms with Crippen molar-refractivity contribution in [2.75, 3.05) is 20.8 Å². The Morgan fingerprint density at radius 1 is 1.21 bits per heavy atom. The van der Waals surface area contributed by atoms with E-state index in [9.17, 15) is 14.7 Å². The predicted octanol–water partition coefficient (Wildman–Crippen LogP) is 4.14. The summed E-state index contributed by atoms with van der Waals surface area (Å²) in [7, 11) is 3.07. The van der Waals surface area contributed by atoms with Crippen LogP contribution in [-0.2, 0) is 4.79 Å². The third-order valence-corrected chi connectivity index (χ3v) is 5.64. The van der Waals surface area contributed by atoms with E-state index in [4.69, 9.17) is 9.47 Å². The summed E-state index contributed by atoms with van der Waals surface area (Å²) in [5.74, 6) is -0.283. The van der Waals surface area contributed by atoms with Crippen LogP contribution < -0.4 is 9.47 Å². The van der Waals surface area contributed by atoms with Crippen molar-refractivity contribution in [3.8, 4) is 11.5 Å². The molecule has 1 aliphatic heterocycles. The molecule has 0 bridgehead atoms. The van der Waals surface area contributed by atoms with Crippen LogP contribution in [0.25, 0.3) is 0 Å². The highest BCUT2D eigenvalue weighted by Gasteiger charge is 2.43. The molecule has 3 rings (SSSR count). The second-order valence-electron chi connectivity index (χ2n) is 6.44. The number of Topliss-reactive ketones (excluding diaryl/α,β-unsaturated/α-hetero) is 1. The topological polar surface area (TPSA) is 76.1 Å². The summed E-state index contributed by atoms with van der Waals surface area (Å²) in [6.07, 6.45) is 1.65. The van der Waals surface area contributed by atoms with E-state index in [2.05, 4.69) is 0 Å². The minimum absolute atomic E-state index is 0.107. The molecule has 1 unspecified atom stereocenters. The largest absolute Gasteiger partial charge is 0.503 e. The van der Waals surface area contributed by atoms with Gasteiger partial charge in [-0.15, -0.1) is 11.3 Å². The Labute approximate surface area is 168 Å². The molecule has 0 spiro atoms. The van der Waals surface area contributed by atoms with Crippen molar-refractivity contribution in [1.82, 2.24) is 4.90 Å². The van der Waals surface area contributed by atoms with Crippen LogP contribution in [0.15, 0.2) is 47.0 Å². The van der Waals surface area contributed by atoms with Gasteiger partial charge in [0.2, 0.25) is 5.78 Å². The maximum absolute atomic E-state index is 13.1. The first-order chi connectivity index (χ1) is 13.5. The average Bonchev–Trinajstić information content (AvgIpc) is 3.33. The van der Waals surface area contributed by atoms with Gasteiger partial charge in [0.05, 0.1) is 30.7 Å². The fourth-order valence-corrected chi connectivity index (χ4v) is 4.03. The Kier molecular flexibility index (Phi) is 6.04. The van der Waals surface area contributed by atoms with Crippen molar-refractivity contribution in [1.29, 1.82) is 0 Å². The van der Waals surface area contributed by atoms with E-state index in [1.54, 1.807) is 47.7 Å². The molecule has 6 nitrogen and oxygen atoms in total. The summed E-state index contributed by atoms with van der Waals surface area (Å²) < 4.78 is 10.7. The quantitative estimate of drug-likeness (QED) is 0.673. The first-order valence-electron chi connectivity index (χ1n) is 9.07. The molecule has 1 atom stereocenters. The smallest absolute Gasteiger partial charge is 0.290 e. The third-order valence-electron chi connectivity index (χ3n) is 4.77. The van der Waals surface area contributed by atoms with Gasteiger partial charge in [-0.25, -0.2) is 0 Å². The molecule has 0 fully saturated rings. The number of aliphatic hydroxyl groups is 1. The monoisotopic (exact) mass is 401 g/mol. The summed E-state index contributed by atoms with van der Waals surface area (Å²) in [5.41, 5.74) is 0.793. The van der Waals surface area contributed by atoms with Crippen molar-refractivity contribution >= 4 is 23.0 Å². The van der Waals surface area contributed by atoms with Crippen LogP contribution in [0.1, 0.15) is 41.0 Å². The number of carbonyl (C=O) groups excluding carboxylic acids is 2. The number of unbranched alkanes of at least 4 members (excludes halogenated alkanes) is 1. The molecular formula is C21H23NO5S. The predicted molar refractivity (Wildman–Crippen MR) is 107 cm³/mol. The highest BCUT2D eigenvalue weighted by molar-refractivity contribution is 7.12. The van der Waals surface area contributed by atoms with E-state index in [1.165, 1.54) is 18.4 Å². The zero-order valence-electron chi connectivity index (χ0n) is 16.1. The number of carbonyl (C=O) groups is 2. The standard InChI is InChI=1S/C21H23NO5S/c1-4-5-10-22-18(13-8-9-14(26-2)15(12-13)27-3)17(20(24)21(22)25)19(23)16-7-6-11-28-16/h6-9,11-12,18,24H,4-5,10H2,1-3H3. The first kappa shape index (κ1) is 19.9. The molecule has 7 heteroatoms. The lowest BCUT2D eigenvalue weighted by Crippen LogP contribution is -2.32. The van der Waals surface area contributed by atoms with Crippen LogP contribution in [0.4, 0.5) is 0 Å². The number of amides is 1. The van der Waals surface area contributed by atoms with Crippen molar-refractivity contribution in [2.45, 2.75) is 25.8 Å². The number of methoxy groups -OCH3 is 2. The molecule has 28 heavy (non-hydrogen) atoms. The van der Waals surface area contributed by atoms with Gasteiger partial charge in [-0.05, 0) is 35.6 Å². The highest BCUT2D eigenvalue weighted by Crippen LogP contribution is 2.42. The molecule has 1 aliphatic rings. The van der Waals surface area contributed by atoms with Crippen molar-refractivity contribution in [3.05, 3.63) is 57.5 Å². The number of aliphatic hydroxyl groups excluding tert-OH is 1. The molecule has 1 aromatic carbocycles. The van der Waals surface area contributed by atoms with E-state index in [-0.39, 0.29) is 11.4 Å². The second kappa shape index (κ2) is 8.48. The van der Waals surface area contributed by atoms with Crippen molar-refractivity contribution in [2.24, 2.45) is 0 Å². The lowest BCUT2D eigenvalue weighted by atomic mass is 9.95. The number of rotatable bonds is 8. The Hall–Kier alpha value is -2.80. The van der Waals surface area contributed by atoms with Gasteiger partial charge in [0, 0.05) is 6.54 Å². The van der Waals surface area contributed by atoms with E-state index < -0.39 is 17.7 Å². The molecule has 1 amide bonds. The van der Waals surface area contributed by atoms with Crippen LogP contribution in [0.3, 0.4) is 0 Å². The van der Waals surface area contributed by atoms with Gasteiger partial charge in [0.25, 0.3) is 5.91 Å². The van der Waals surface area contributed by atoms with Crippen LogP contribution >= 0.6 is 11.3 Å². The Bertz CT molecular complexity index is 904. The summed E-state index contributed by atoms with van der Waals surface area (Å²) in [6, 6.07) is 8.06. The number of benzene rings is 1. The fourth-order valence-electron chi connectivity index (χ4n) is 3.35. The minimum Gasteiger partial charge on any atom is -0.503 e. The van der Waals surface area contributed by atoms with E-state index >= 15 is 0 Å². The van der Waals surface area contributed by atoms with Crippen LogP contribution in [0, 0.1) is 0 Å². The minimum atomic E-state index is -0.673. The van der Waals surface area contributed by atoms with Gasteiger partial charge in [-0.3, -0.25) is 9.59 Å². The Balaban J connectivity index is 2.11. The number of ether oxygens (including phenoxy) is 2.